The van der Waals surface area contributed by atoms with Crippen LogP contribution in [0.2, 0.25) is 0 Å². The van der Waals surface area contributed by atoms with Crippen LogP contribution in [0, 0.1) is 6.92 Å². The molecule has 0 saturated heterocycles. The molecule has 6 nitrogen and oxygen atoms in total. The topological polar surface area (TPSA) is 91.8 Å². The van der Waals surface area contributed by atoms with Crippen LogP contribution in [0.5, 0.6) is 0 Å². The van der Waals surface area contributed by atoms with E-state index in [1.165, 1.54) is 12.4 Å². The molecule has 0 aliphatic heterocycles. The predicted molar refractivity (Wildman–Crippen MR) is 55.7 cm³/mol. The third-order valence-electron chi connectivity index (χ3n) is 1.98. The van der Waals surface area contributed by atoms with E-state index in [1.807, 2.05) is 6.92 Å². The van der Waals surface area contributed by atoms with E-state index in [1.54, 1.807) is 6.20 Å². The second-order valence-electron chi connectivity index (χ2n) is 3.40. The van der Waals surface area contributed by atoms with E-state index < -0.39 is 5.97 Å². The zero-order chi connectivity index (χ0) is 11.5. The summed E-state index contributed by atoms with van der Waals surface area (Å²) in [5.41, 5.74) is 1.49. The first kappa shape index (κ1) is 10.3. The Bertz CT molecular complexity index is 504. The smallest absolute Gasteiger partial charge is 0.307 e. The van der Waals surface area contributed by atoms with Gasteiger partial charge >= 0.3 is 5.97 Å². The standard InChI is InChI=1S/C10H10N4O2/c1-6-3-11-10(14-6)9-12-4-7(5-13-9)2-8(15)16/h3-5H,2H2,1H3,(H,11,14)(H,15,16). The Morgan fingerprint density at radius 3 is 2.50 bits per heavy atom. The summed E-state index contributed by atoms with van der Waals surface area (Å²) in [7, 11) is 0. The molecule has 0 unspecified atom stereocenters. The summed E-state index contributed by atoms with van der Waals surface area (Å²) in [4.78, 5) is 25.6. The maximum Gasteiger partial charge on any atom is 0.307 e. The molecule has 2 rings (SSSR count). The summed E-state index contributed by atoms with van der Waals surface area (Å²) >= 11 is 0. The Labute approximate surface area is 91.4 Å². The lowest BCUT2D eigenvalue weighted by Gasteiger charge is -1.97. The Morgan fingerprint density at radius 1 is 1.31 bits per heavy atom. The van der Waals surface area contributed by atoms with Crippen LogP contribution in [0.3, 0.4) is 0 Å². The maximum atomic E-state index is 10.5. The highest BCUT2D eigenvalue weighted by Crippen LogP contribution is 2.09. The second-order valence-corrected chi connectivity index (χ2v) is 3.40. The number of aliphatic carboxylic acids is 1. The summed E-state index contributed by atoms with van der Waals surface area (Å²) in [6.07, 6.45) is 4.60. The molecule has 6 heteroatoms. The molecule has 0 aromatic carbocycles. The van der Waals surface area contributed by atoms with Gasteiger partial charge in [-0.25, -0.2) is 15.0 Å². The van der Waals surface area contributed by atoms with E-state index in [0.29, 0.717) is 17.2 Å². The van der Waals surface area contributed by atoms with Crippen molar-refractivity contribution in [2.45, 2.75) is 13.3 Å². The van der Waals surface area contributed by atoms with Gasteiger partial charge in [-0.1, -0.05) is 0 Å². The Hall–Kier alpha value is -2.24. The van der Waals surface area contributed by atoms with Gasteiger partial charge in [-0.15, -0.1) is 0 Å². The van der Waals surface area contributed by atoms with Gasteiger partial charge in [0.25, 0.3) is 0 Å². The van der Waals surface area contributed by atoms with Crippen molar-refractivity contribution in [3.63, 3.8) is 0 Å². The van der Waals surface area contributed by atoms with Crippen molar-refractivity contribution in [2.24, 2.45) is 0 Å². The molecule has 16 heavy (non-hydrogen) atoms. The number of carboxylic acid groups (broad SMARTS) is 1. The van der Waals surface area contributed by atoms with Crippen LogP contribution in [0.25, 0.3) is 11.6 Å². The van der Waals surface area contributed by atoms with Crippen molar-refractivity contribution in [2.75, 3.05) is 0 Å². The van der Waals surface area contributed by atoms with Crippen molar-refractivity contribution < 1.29 is 9.90 Å². The summed E-state index contributed by atoms with van der Waals surface area (Å²) in [5.74, 6) is 0.145. The Kier molecular flexibility index (Phi) is 2.63. The van der Waals surface area contributed by atoms with Crippen molar-refractivity contribution >= 4 is 5.97 Å². The Balaban J connectivity index is 2.22. The average Bonchev–Trinajstić information content (AvgIpc) is 2.65. The molecule has 0 radical (unpaired) electrons. The first-order valence-electron chi connectivity index (χ1n) is 4.70. The molecule has 82 valence electrons. The van der Waals surface area contributed by atoms with Gasteiger partial charge in [-0.2, -0.15) is 0 Å². The minimum atomic E-state index is -0.898. The highest BCUT2D eigenvalue weighted by molar-refractivity contribution is 5.69. The highest BCUT2D eigenvalue weighted by atomic mass is 16.4. The second kappa shape index (κ2) is 4.09. The molecule has 0 spiro atoms. The third kappa shape index (κ3) is 2.22. The minimum Gasteiger partial charge on any atom is -0.481 e. The van der Waals surface area contributed by atoms with Crippen LogP contribution < -0.4 is 0 Å². The molecular formula is C10H10N4O2. The maximum absolute atomic E-state index is 10.5. The Morgan fingerprint density at radius 2 is 2.00 bits per heavy atom. The lowest BCUT2D eigenvalue weighted by atomic mass is 10.2. The summed E-state index contributed by atoms with van der Waals surface area (Å²) in [6.45, 7) is 1.88. The minimum absolute atomic E-state index is 0.0720. The van der Waals surface area contributed by atoms with Gasteiger partial charge in [0, 0.05) is 24.3 Å². The summed E-state index contributed by atoms with van der Waals surface area (Å²) in [6, 6.07) is 0. The summed E-state index contributed by atoms with van der Waals surface area (Å²) in [5, 5.41) is 8.58. The van der Waals surface area contributed by atoms with Crippen LogP contribution in [-0.4, -0.2) is 31.0 Å². The number of rotatable bonds is 3. The van der Waals surface area contributed by atoms with Crippen LogP contribution in [0.15, 0.2) is 18.6 Å². The lowest BCUT2D eigenvalue weighted by Crippen LogP contribution is -2.02. The fourth-order valence-electron chi connectivity index (χ4n) is 1.27. The van der Waals surface area contributed by atoms with E-state index in [2.05, 4.69) is 19.9 Å². The van der Waals surface area contributed by atoms with Gasteiger partial charge in [0.15, 0.2) is 11.6 Å². The number of aryl methyl sites for hydroxylation is 1. The first-order chi connectivity index (χ1) is 7.65. The fraction of sp³-hybridized carbons (Fsp3) is 0.200. The molecule has 0 amide bonds. The number of carbonyl (C=O) groups is 1. The van der Waals surface area contributed by atoms with Gasteiger partial charge in [0.1, 0.15) is 0 Å². The van der Waals surface area contributed by atoms with Crippen molar-refractivity contribution in [1.29, 1.82) is 0 Å². The molecule has 0 aliphatic rings. The van der Waals surface area contributed by atoms with Crippen LogP contribution >= 0.6 is 0 Å². The average molecular weight is 218 g/mol. The molecule has 2 aromatic heterocycles. The zero-order valence-electron chi connectivity index (χ0n) is 8.64. The zero-order valence-corrected chi connectivity index (χ0v) is 8.64. The lowest BCUT2D eigenvalue weighted by molar-refractivity contribution is -0.136. The molecule has 0 saturated carbocycles. The monoisotopic (exact) mass is 218 g/mol. The van der Waals surface area contributed by atoms with Crippen molar-refractivity contribution in [1.82, 2.24) is 19.9 Å². The number of aromatic nitrogens is 4. The molecule has 0 atom stereocenters. The molecular weight excluding hydrogens is 208 g/mol. The molecule has 0 aliphatic carbocycles. The molecule has 0 bridgehead atoms. The SMILES string of the molecule is Cc1cnc(-c2ncc(CC(=O)O)cn2)[nH]1. The van der Waals surface area contributed by atoms with Crippen LogP contribution in [-0.2, 0) is 11.2 Å². The molecule has 2 heterocycles. The molecule has 0 fully saturated rings. The van der Waals surface area contributed by atoms with Crippen molar-refractivity contribution in [3.05, 3.63) is 29.8 Å². The van der Waals surface area contributed by atoms with Gasteiger partial charge in [-0.3, -0.25) is 4.79 Å². The van der Waals surface area contributed by atoms with Gasteiger partial charge in [0.2, 0.25) is 0 Å². The van der Waals surface area contributed by atoms with Gasteiger partial charge in [0.05, 0.1) is 6.42 Å². The largest absolute Gasteiger partial charge is 0.481 e. The van der Waals surface area contributed by atoms with E-state index in [-0.39, 0.29) is 6.42 Å². The van der Waals surface area contributed by atoms with E-state index in [0.717, 1.165) is 5.69 Å². The number of imidazole rings is 1. The van der Waals surface area contributed by atoms with E-state index in [9.17, 15) is 4.79 Å². The molecule has 2 N–H and O–H groups in total. The van der Waals surface area contributed by atoms with E-state index >= 15 is 0 Å². The van der Waals surface area contributed by atoms with Crippen LogP contribution in [0.4, 0.5) is 0 Å². The van der Waals surface area contributed by atoms with E-state index in [4.69, 9.17) is 5.11 Å². The fourth-order valence-corrected chi connectivity index (χ4v) is 1.27. The number of hydrogen-bond acceptors (Lipinski definition) is 4. The number of nitrogens with one attached hydrogen (secondary N) is 1. The summed E-state index contributed by atoms with van der Waals surface area (Å²) < 4.78 is 0. The number of aromatic amines is 1. The molecule has 2 aromatic rings. The number of hydrogen-bond donors (Lipinski definition) is 2. The third-order valence-corrected chi connectivity index (χ3v) is 1.98. The normalized spacial score (nSPS) is 10.3. The number of nitrogens with zero attached hydrogens (tertiary/aromatic N) is 3. The van der Waals surface area contributed by atoms with Crippen molar-refractivity contribution in [3.8, 4) is 11.6 Å². The van der Waals surface area contributed by atoms with Gasteiger partial charge in [-0.05, 0) is 12.5 Å². The van der Waals surface area contributed by atoms with Gasteiger partial charge < -0.3 is 10.1 Å². The highest BCUT2D eigenvalue weighted by Gasteiger charge is 2.06. The first-order valence-corrected chi connectivity index (χ1v) is 4.70. The number of H-pyrrole nitrogens is 1. The van der Waals surface area contributed by atoms with Crippen LogP contribution in [0.1, 0.15) is 11.3 Å². The quantitative estimate of drug-likeness (QED) is 0.795. The predicted octanol–water partition coefficient (Wildman–Crippen LogP) is 0.802. The number of carboxylic acids is 1.